The Morgan fingerprint density at radius 2 is 0.767 bits per heavy atom. The van der Waals surface area contributed by atoms with E-state index in [1.807, 2.05) is 121 Å². The number of carbonyl (C=O) groups is 5. The Hall–Kier alpha value is -5.55. The molecule has 2 saturated heterocycles. The summed E-state index contributed by atoms with van der Waals surface area (Å²) in [6.07, 6.45) is 1.30. The maximum Gasteiger partial charge on any atom is 1.00 e. The van der Waals surface area contributed by atoms with E-state index in [2.05, 4.69) is 13.8 Å². The van der Waals surface area contributed by atoms with Crippen molar-refractivity contribution in [1.29, 1.82) is 0 Å². The number of rotatable bonds is 9. The number of carboxylic acid groups (broad SMARTS) is 1. The van der Waals surface area contributed by atoms with Gasteiger partial charge in [0.2, 0.25) is 11.8 Å². The fourth-order valence-electron chi connectivity index (χ4n) is 7.74. The molecule has 0 spiro atoms. The number of methoxy groups -OCH3 is 2. The maximum absolute atomic E-state index is 13.4. The summed E-state index contributed by atoms with van der Waals surface area (Å²) in [5.41, 5.74) is 3.95. The molecular weight excluding hydrogens is 768 g/mol. The quantitative estimate of drug-likeness (QED) is 0.163. The summed E-state index contributed by atoms with van der Waals surface area (Å²) in [5, 5.41) is 10.1. The van der Waals surface area contributed by atoms with Crippen molar-refractivity contribution in [3.05, 3.63) is 179 Å². The Morgan fingerprint density at radius 1 is 0.500 bits per heavy atom. The number of nitrogens with zero attached hydrogens (tertiary/aromatic N) is 2. The van der Waals surface area contributed by atoms with Crippen LogP contribution in [0.1, 0.15) is 71.1 Å². The molecule has 4 atom stereocenters. The van der Waals surface area contributed by atoms with Crippen LogP contribution in [-0.2, 0) is 28.7 Å². The molecule has 60 heavy (non-hydrogen) atoms. The molecule has 5 aromatic carbocycles. The molecule has 0 radical (unpaired) electrons. The van der Waals surface area contributed by atoms with E-state index in [-0.39, 0.29) is 70.7 Å². The van der Waals surface area contributed by atoms with Crippen LogP contribution in [0.5, 0.6) is 0 Å². The molecule has 306 valence electrons. The molecule has 0 aliphatic carbocycles. The van der Waals surface area contributed by atoms with Crippen LogP contribution in [0.3, 0.4) is 0 Å². The summed E-state index contributed by atoms with van der Waals surface area (Å²) in [7, 11) is 2.75. The first-order valence-electron chi connectivity index (χ1n) is 19.8. The summed E-state index contributed by atoms with van der Waals surface area (Å²) in [5.74, 6) is -2.17. The SMILES string of the molecule is COC(=O)[C@@H]1C[C@@H](C)CN1C(=O)C(c1ccccc1)c1ccccc1.COC(=O)[C@@H]1C[C@H](C)CN1C(=O)C(c1ccccc1)c1ccccc1.O=C([O-])c1ccccc1.[Na+]. The van der Waals surface area contributed by atoms with Crippen molar-refractivity contribution in [1.82, 2.24) is 9.80 Å². The van der Waals surface area contributed by atoms with Crippen LogP contribution in [0.2, 0.25) is 0 Å². The molecule has 2 fully saturated rings. The molecule has 2 amide bonds. The molecule has 10 nitrogen and oxygen atoms in total. The van der Waals surface area contributed by atoms with Gasteiger partial charge in [-0.15, -0.1) is 0 Å². The van der Waals surface area contributed by atoms with E-state index in [1.165, 1.54) is 26.4 Å². The molecule has 0 bridgehead atoms. The molecule has 0 N–H and O–H groups in total. The monoisotopic (exact) mass is 818 g/mol. The summed E-state index contributed by atoms with van der Waals surface area (Å²) in [4.78, 5) is 64.7. The molecule has 0 saturated carbocycles. The predicted molar refractivity (Wildman–Crippen MR) is 223 cm³/mol. The van der Waals surface area contributed by atoms with Crippen LogP contribution in [0.4, 0.5) is 0 Å². The number of hydrogen-bond acceptors (Lipinski definition) is 8. The van der Waals surface area contributed by atoms with Gasteiger partial charge in [-0.3, -0.25) is 9.59 Å². The summed E-state index contributed by atoms with van der Waals surface area (Å²) >= 11 is 0. The molecule has 0 aromatic heterocycles. The Labute approximate surface area is 374 Å². The van der Waals surface area contributed by atoms with Crippen LogP contribution in [0.15, 0.2) is 152 Å². The number of aromatic carboxylic acids is 1. The van der Waals surface area contributed by atoms with Crippen molar-refractivity contribution >= 4 is 29.7 Å². The standard InChI is InChI=1S/2C21H23NO3.C7H6O2.Na/c2*1-15-13-18(21(24)25-2)22(14-15)20(23)19(16-9-5-3-6-10-16)17-11-7-4-8-12-17;8-7(9)6-4-2-1-3-5-6;/h2*3-12,15,18-19H,13-14H2,1-2H3;1-5H,(H,8,9);/q;;;+1/p-1/t15-,18+;15-,18-;;/m10../s1. The van der Waals surface area contributed by atoms with Gasteiger partial charge in [-0.25, -0.2) is 9.59 Å². The topological polar surface area (TPSA) is 133 Å². The van der Waals surface area contributed by atoms with Gasteiger partial charge in [-0.1, -0.05) is 166 Å². The first-order valence-corrected chi connectivity index (χ1v) is 19.8. The number of carboxylic acids is 1. The van der Waals surface area contributed by atoms with Gasteiger partial charge in [-0.2, -0.15) is 0 Å². The van der Waals surface area contributed by atoms with Crippen LogP contribution in [0, 0.1) is 11.8 Å². The molecule has 5 aromatic rings. The van der Waals surface area contributed by atoms with Crippen LogP contribution in [-0.4, -0.2) is 78.9 Å². The Morgan fingerprint density at radius 3 is 1.00 bits per heavy atom. The minimum absolute atomic E-state index is 0. The third-order valence-electron chi connectivity index (χ3n) is 10.6. The van der Waals surface area contributed by atoms with Gasteiger partial charge in [0, 0.05) is 13.1 Å². The van der Waals surface area contributed by atoms with Gasteiger partial charge >= 0.3 is 41.5 Å². The molecule has 0 unspecified atom stereocenters. The average molecular weight is 819 g/mol. The van der Waals surface area contributed by atoms with Gasteiger partial charge < -0.3 is 29.2 Å². The van der Waals surface area contributed by atoms with Gasteiger partial charge in [0.25, 0.3) is 0 Å². The summed E-state index contributed by atoms with van der Waals surface area (Å²) in [6, 6.07) is 46.0. The molecule has 11 heteroatoms. The van der Waals surface area contributed by atoms with E-state index < -0.39 is 29.9 Å². The smallest absolute Gasteiger partial charge is 0.545 e. The second-order valence-corrected chi connectivity index (χ2v) is 14.9. The summed E-state index contributed by atoms with van der Waals surface area (Å²) in [6.45, 7) is 5.27. The van der Waals surface area contributed by atoms with Crippen molar-refractivity contribution in [3.63, 3.8) is 0 Å². The molecule has 2 heterocycles. The number of carbonyl (C=O) groups excluding carboxylic acids is 5. The zero-order chi connectivity index (χ0) is 42.3. The number of likely N-dealkylation sites (tertiary alicyclic amines) is 2. The van der Waals surface area contributed by atoms with E-state index >= 15 is 0 Å². The summed E-state index contributed by atoms with van der Waals surface area (Å²) < 4.78 is 9.84. The third-order valence-corrected chi connectivity index (χ3v) is 10.6. The molecule has 2 aliphatic rings. The predicted octanol–water partition coefficient (Wildman–Crippen LogP) is 3.51. The zero-order valence-electron chi connectivity index (χ0n) is 34.9. The minimum atomic E-state index is -1.13. The minimum Gasteiger partial charge on any atom is -0.545 e. The van der Waals surface area contributed by atoms with Crippen molar-refractivity contribution in [2.75, 3.05) is 27.3 Å². The van der Waals surface area contributed by atoms with E-state index in [0.717, 1.165) is 22.3 Å². The fourth-order valence-corrected chi connectivity index (χ4v) is 7.74. The van der Waals surface area contributed by atoms with Gasteiger partial charge in [0.1, 0.15) is 12.1 Å². The number of ether oxygens (including phenoxy) is 2. The van der Waals surface area contributed by atoms with Gasteiger partial charge in [-0.05, 0) is 52.5 Å². The number of amides is 2. The number of esters is 2. The fraction of sp³-hybridized carbons (Fsp3) is 0.286. The van der Waals surface area contributed by atoms with Crippen molar-refractivity contribution in [2.24, 2.45) is 11.8 Å². The first kappa shape index (κ1) is 47.1. The second-order valence-electron chi connectivity index (χ2n) is 14.9. The second kappa shape index (κ2) is 23.3. The Bertz CT molecular complexity index is 1920. The van der Waals surface area contributed by atoms with E-state index in [9.17, 15) is 29.1 Å². The third kappa shape index (κ3) is 12.3. The van der Waals surface area contributed by atoms with Crippen molar-refractivity contribution in [2.45, 2.75) is 50.6 Å². The molecular formula is C49H51N2NaO8. The van der Waals surface area contributed by atoms with Crippen LogP contribution < -0.4 is 34.7 Å². The maximum atomic E-state index is 13.4. The largest absolute Gasteiger partial charge is 1.00 e. The van der Waals surface area contributed by atoms with Gasteiger partial charge in [0.05, 0.1) is 32.0 Å². The average Bonchev–Trinajstić information content (AvgIpc) is 3.88. The number of hydrogen-bond donors (Lipinski definition) is 0. The Balaban J connectivity index is 0.000000217. The first-order chi connectivity index (χ1) is 28.5. The number of benzene rings is 5. The normalized spacial score (nSPS) is 17.9. The zero-order valence-corrected chi connectivity index (χ0v) is 36.9. The van der Waals surface area contributed by atoms with E-state index in [4.69, 9.17) is 9.47 Å². The van der Waals surface area contributed by atoms with Crippen molar-refractivity contribution in [3.8, 4) is 0 Å². The molecule has 7 rings (SSSR count). The van der Waals surface area contributed by atoms with Gasteiger partial charge in [0.15, 0.2) is 0 Å². The van der Waals surface area contributed by atoms with Crippen molar-refractivity contribution < 1.29 is 68.1 Å². The van der Waals surface area contributed by atoms with E-state index in [1.54, 1.807) is 28.0 Å². The Kier molecular flexibility index (Phi) is 18.3. The molecule has 2 aliphatic heterocycles. The van der Waals surface area contributed by atoms with Crippen LogP contribution in [0.25, 0.3) is 0 Å². The van der Waals surface area contributed by atoms with E-state index in [0.29, 0.717) is 25.9 Å². The van der Waals surface area contributed by atoms with Crippen LogP contribution >= 0.6 is 0 Å².